The molecule has 136 valence electrons. The van der Waals surface area contributed by atoms with Crippen molar-refractivity contribution in [2.75, 3.05) is 27.3 Å². The van der Waals surface area contributed by atoms with E-state index >= 15 is 0 Å². The molecule has 0 radical (unpaired) electrons. The van der Waals surface area contributed by atoms with Gasteiger partial charge < -0.3 is 9.47 Å². The molecule has 1 aromatic carbocycles. The summed E-state index contributed by atoms with van der Waals surface area (Å²) in [6.45, 7) is 1.86. The van der Waals surface area contributed by atoms with E-state index in [0.29, 0.717) is 30.5 Å². The Morgan fingerprint density at radius 2 is 1.88 bits per heavy atom. The first kappa shape index (κ1) is 17.8. The van der Waals surface area contributed by atoms with E-state index in [4.69, 9.17) is 9.47 Å². The van der Waals surface area contributed by atoms with Gasteiger partial charge in [0, 0.05) is 38.1 Å². The number of ether oxygens (including phenoxy) is 2. The maximum absolute atomic E-state index is 12.9. The Labute approximate surface area is 148 Å². The van der Waals surface area contributed by atoms with Crippen LogP contribution in [0.25, 0.3) is 0 Å². The minimum absolute atomic E-state index is 0.232. The molecule has 1 fully saturated rings. The van der Waals surface area contributed by atoms with Crippen molar-refractivity contribution < 1.29 is 17.9 Å². The molecule has 0 unspecified atom stereocenters. The van der Waals surface area contributed by atoms with Crippen molar-refractivity contribution in [3.8, 4) is 11.5 Å². The number of methoxy groups -OCH3 is 2. The van der Waals surface area contributed by atoms with Crippen LogP contribution in [0.5, 0.6) is 11.5 Å². The number of aromatic nitrogens is 2. The Morgan fingerprint density at radius 3 is 2.48 bits per heavy atom. The highest BCUT2D eigenvalue weighted by Gasteiger charge is 2.30. The maximum Gasteiger partial charge on any atom is 0.243 e. The Morgan fingerprint density at radius 1 is 1.16 bits per heavy atom. The molecular formula is C17H23N3O4S. The van der Waals surface area contributed by atoms with Crippen LogP contribution in [0.3, 0.4) is 0 Å². The van der Waals surface area contributed by atoms with Crippen LogP contribution < -0.4 is 9.47 Å². The standard InChI is InChI=1S/C17H23N3O4S/c1-23-16-5-4-15(12-17(16)24-2)25(21,22)20-10-6-14(7-11-20)13-19-9-3-8-18-19/h3-5,8-9,12,14H,6-7,10-11,13H2,1-2H3. The Kier molecular flexibility index (Phi) is 5.29. The van der Waals surface area contributed by atoms with Gasteiger partial charge in [-0.1, -0.05) is 0 Å². The topological polar surface area (TPSA) is 73.7 Å². The van der Waals surface area contributed by atoms with E-state index in [1.807, 2.05) is 16.9 Å². The predicted molar refractivity (Wildman–Crippen MR) is 93.3 cm³/mol. The van der Waals surface area contributed by atoms with Crippen LogP contribution in [-0.4, -0.2) is 49.8 Å². The molecule has 0 aliphatic carbocycles. The molecule has 1 saturated heterocycles. The summed E-state index contributed by atoms with van der Waals surface area (Å²) in [5.74, 6) is 1.37. The number of piperidine rings is 1. The SMILES string of the molecule is COc1ccc(S(=O)(=O)N2CCC(Cn3cccn3)CC2)cc1OC. The second-order valence-corrected chi connectivity index (χ2v) is 8.03. The van der Waals surface area contributed by atoms with Gasteiger partial charge in [-0.15, -0.1) is 0 Å². The molecule has 8 heteroatoms. The quantitative estimate of drug-likeness (QED) is 0.783. The highest BCUT2D eigenvalue weighted by Crippen LogP contribution is 2.32. The van der Waals surface area contributed by atoms with Gasteiger partial charge in [0.15, 0.2) is 11.5 Å². The molecular weight excluding hydrogens is 342 g/mol. The van der Waals surface area contributed by atoms with Gasteiger partial charge in [0.25, 0.3) is 0 Å². The number of rotatable bonds is 6. The summed E-state index contributed by atoms with van der Waals surface area (Å²) < 4.78 is 39.6. The van der Waals surface area contributed by atoms with Crippen molar-refractivity contribution in [2.45, 2.75) is 24.3 Å². The summed E-state index contributed by atoms with van der Waals surface area (Å²) in [6.07, 6.45) is 5.35. The van der Waals surface area contributed by atoms with E-state index in [1.54, 1.807) is 22.6 Å². The zero-order chi connectivity index (χ0) is 17.9. The third kappa shape index (κ3) is 3.80. The third-order valence-corrected chi connectivity index (χ3v) is 6.47. The summed E-state index contributed by atoms with van der Waals surface area (Å²) >= 11 is 0. The first-order valence-corrected chi connectivity index (χ1v) is 9.68. The molecule has 0 amide bonds. The first-order chi connectivity index (χ1) is 12.0. The summed E-state index contributed by atoms with van der Waals surface area (Å²) in [4.78, 5) is 0.232. The molecule has 2 aromatic rings. The molecule has 2 heterocycles. The largest absolute Gasteiger partial charge is 0.493 e. The Hall–Kier alpha value is -2.06. The van der Waals surface area contributed by atoms with Crippen molar-refractivity contribution in [1.29, 1.82) is 0 Å². The average molecular weight is 365 g/mol. The van der Waals surface area contributed by atoms with Crippen molar-refractivity contribution in [3.63, 3.8) is 0 Å². The van der Waals surface area contributed by atoms with Gasteiger partial charge in [-0.2, -0.15) is 9.40 Å². The van der Waals surface area contributed by atoms with E-state index in [9.17, 15) is 8.42 Å². The van der Waals surface area contributed by atoms with Crippen LogP contribution in [0.4, 0.5) is 0 Å². The molecule has 0 bridgehead atoms. The van der Waals surface area contributed by atoms with E-state index in [0.717, 1.165) is 19.4 Å². The smallest absolute Gasteiger partial charge is 0.243 e. The van der Waals surface area contributed by atoms with E-state index in [-0.39, 0.29) is 4.90 Å². The van der Waals surface area contributed by atoms with Gasteiger partial charge in [-0.05, 0) is 37.0 Å². The minimum Gasteiger partial charge on any atom is -0.493 e. The fraction of sp³-hybridized carbons (Fsp3) is 0.471. The summed E-state index contributed by atoms with van der Waals surface area (Å²) in [5.41, 5.74) is 0. The lowest BCUT2D eigenvalue weighted by molar-refractivity contribution is 0.247. The summed E-state index contributed by atoms with van der Waals surface area (Å²) in [5, 5.41) is 4.22. The highest BCUT2D eigenvalue weighted by molar-refractivity contribution is 7.89. The molecule has 0 spiro atoms. The monoisotopic (exact) mass is 365 g/mol. The van der Waals surface area contributed by atoms with E-state index < -0.39 is 10.0 Å². The van der Waals surface area contributed by atoms with Crippen molar-refractivity contribution in [3.05, 3.63) is 36.7 Å². The molecule has 0 saturated carbocycles. The van der Waals surface area contributed by atoms with Gasteiger partial charge in [0.2, 0.25) is 10.0 Å². The molecule has 25 heavy (non-hydrogen) atoms. The third-order valence-electron chi connectivity index (χ3n) is 4.57. The predicted octanol–water partition coefficient (Wildman–Crippen LogP) is 2.00. The van der Waals surface area contributed by atoms with E-state index in [1.165, 1.54) is 20.3 Å². The van der Waals surface area contributed by atoms with Gasteiger partial charge in [0.1, 0.15) is 0 Å². The molecule has 0 N–H and O–H groups in total. The van der Waals surface area contributed by atoms with Gasteiger partial charge in [-0.3, -0.25) is 4.68 Å². The fourth-order valence-corrected chi connectivity index (χ4v) is 4.62. The number of hydrogen-bond donors (Lipinski definition) is 0. The number of benzene rings is 1. The maximum atomic E-state index is 12.9. The van der Waals surface area contributed by atoms with Crippen LogP contribution in [0.1, 0.15) is 12.8 Å². The highest BCUT2D eigenvalue weighted by atomic mass is 32.2. The van der Waals surface area contributed by atoms with Crippen molar-refractivity contribution in [2.24, 2.45) is 5.92 Å². The lowest BCUT2D eigenvalue weighted by atomic mass is 9.98. The second-order valence-electron chi connectivity index (χ2n) is 6.09. The molecule has 7 nitrogen and oxygen atoms in total. The number of nitrogens with zero attached hydrogens (tertiary/aromatic N) is 3. The van der Waals surface area contributed by atoms with Gasteiger partial charge in [-0.25, -0.2) is 8.42 Å². The second kappa shape index (κ2) is 7.45. The lowest BCUT2D eigenvalue weighted by Crippen LogP contribution is -2.39. The molecule has 3 rings (SSSR count). The Bertz CT molecular complexity index is 797. The van der Waals surface area contributed by atoms with E-state index in [2.05, 4.69) is 5.10 Å². The number of sulfonamides is 1. The summed E-state index contributed by atoms with van der Waals surface area (Å²) in [7, 11) is -0.510. The summed E-state index contributed by atoms with van der Waals surface area (Å²) in [6, 6.07) is 6.60. The molecule has 1 aliphatic heterocycles. The van der Waals surface area contributed by atoms with Crippen molar-refractivity contribution in [1.82, 2.24) is 14.1 Å². The van der Waals surface area contributed by atoms with Crippen LogP contribution in [0.15, 0.2) is 41.6 Å². The van der Waals surface area contributed by atoms with Gasteiger partial charge >= 0.3 is 0 Å². The van der Waals surface area contributed by atoms with Crippen LogP contribution in [0.2, 0.25) is 0 Å². The molecule has 1 aliphatic rings. The van der Waals surface area contributed by atoms with Crippen LogP contribution in [-0.2, 0) is 16.6 Å². The fourth-order valence-electron chi connectivity index (χ4n) is 3.13. The lowest BCUT2D eigenvalue weighted by Gasteiger charge is -2.31. The van der Waals surface area contributed by atoms with Crippen molar-refractivity contribution >= 4 is 10.0 Å². The van der Waals surface area contributed by atoms with Crippen LogP contribution in [0, 0.1) is 5.92 Å². The first-order valence-electron chi connectivity index (χ1n) is 8.24. The average Bonchev–Trinajstić information content (AvgIpc) is 3.14. The molecule has 0 atom stereocenters. The Balaban J connectivity index is 1.69. The zero-order valence-electron chi connectivity index (χ0n) is 14.5. The van der Waals surface area contributed by atoms with Gasteiger partial charge in [0.05, 0.1) is 19.1 Å². The normalized spacial score (nSPS) is 16.7. The van der Waals surface area contributed by atoms with Crippen LogP contribution >= 0.6 is 0 Å². The number of hydrogen-bond acceptors (Lipinski definition) is 5. The minimum atomic E-state index is -3.53. The molecule has 1 aromatic heterocycles. The zero-order valence-corrected chi connectivity index (χ0v) is 15.3.